The number of ether oxygens (including phenoxy) is 1. The summed E-state index contributed by atoms with van der Waals surface area (Å²) in [7, 11) is 0. The lowest BCUT2D eigenvalue weighted by molar-refractivity contribution is 0.0526. The van der Waals surface area contributed by atoms with E-state index in [0.29, 0.717) is 16.9 Å². The van der Waals surface area contributed by atoms with Crippen molar-refractivity contribution in [2.45, 2.75) is 20.8 Å². The zero-order valence-electron chi connectivity index (χ0n) is 11.7. The average Bonchev–Trinajstić information content (AvgIpc) is 2.38. The van der Waals surface area contributed by atoms with Crippen molar-refractivity contribution in [3.63, 3.8) is 0 Å². The summed E-state index contributed by atoms with van der Waals surface area (Å²) in [4.78, 5) is 16.1. The number of hydrogen-bond acceptors (Lipinski definition) is 4. The van der Waals surface area contributed by atoms with Crippen molar-refractivity contribution in [2.75, 3.05) is 6.61 Å². The van der Waals surface area contributed by atoms with E-state index in [4.69, 9.17) is 17.0 Å². The molecule has 2 rings (SSSR count). The van der Waals surface area contributed by atoms with Crippen LogP contribution in [0.25, 0.3) is 5.69 Å². The van der Waals surface area contributed by atoms with Gasteiger partial charge in [-0.1, -0.05) is 6.07 Å². The van der Waals surface area contributed by atoms with Gasteiger partial charge in [0.2, 0.25) is 4.77 Å². The average molecular weight is 288 g/mol. The first kappa shape index (κ1) is 14.4. The normalized spacial score (nSPS) is 10.3. The van der Waals surface area contributed by atoms with E-state index in [1.807, 2.05) is 36.6 Å². The highest BCUT2D eigenvalue weighted by Crippen LogP contribution is 2.15. The van der Waals surface area contributed by atoms with E-state index in [9.17, 15) is 4.79 Å². The molecule has 0 aliphatic heterocycles. The van der Waals surface area contributed by atoms with Gasteiger partial charge in [0, 0.05) is 17.1 Å². The molecule has 1 aromatic carbocycles. The maximum atomic E-state index is 11.8. The van der Waals surface area contributed by atoms with E-state index in [1.54, 1.807) is 19.1 Å². The highest BCUT2D eigenvalue weighted by Gasteiger charge is 2.09. The first-order valence-corrected chi connectivity index (χ1v) is 6.78. The first-order valence-electron chi connectivity index (χ1n) is 6.37. The van der Waals surface area contributed by atoms with Crippen LogP contribution in [-0.2, 0) is 4.74 Å². The van der Waals surface area contributed by atoms with Crippen LogP contribution in [0.2, 0.25) is 0 Å². The van der Waals surface area contributed by atoms with Gasteiger partial charge in [0.25, 0.3) is 0 Å². The van der Waals surface area contributed by atoms with Crippen molar-refractivity contribution in [1.29, 1.82) is 0 Å². The van der Waals surface area contributed by atoms with Crippen LogP contribution in [0.15, 0.2) is 30.3 Å². The monoisotopic (exact) mass is 288 g/mol. The smallest absolute Gasteiger partial charge is 0.338 e. The third-order valence-corrected chi connectivity index (χ3v) is 3.12. The third-order valence-electron chi connectivity index (χ3n) is 2.85. The Kier molecular flexibility index (Phi) is 4.29. The van der Waals surface area contributed by atoms with Crippen molar-refractivity contribution < 1.29 is 9.53 Å². The Morgan fingerprint density at radius 2 is 2.10 bits per heavy atom. The van der Waals surface area contributed by atoms with Gasteiger partial charge in [-0.2, -0.15) is 0 Å². The van der Waals surface area contributed by atoms with Crippen LogP contribution in [0.4, 0.5) is 0 Å². The SMILES string of the molecule is CCOC(=O)c1cccc(-n2c(C)cc(C)nc2=S)c1. The van der Waals surface area contributed by atoms with Crippen LogP contribution in [0.3, 0.4) is 0 Å². The zero-order valence-corrected chi connectivity index (χ0v) is 12.5. The lowest BCUT2D eigenvalue weighted by Crippen LogP contribution is -2.08. The van der Waals surface area contributed by atoms with Gasteiger partial charge in [0.15, 0.2) is 0 Å². The van der Waals surface area contributed by atoms with Crippen molar-refractivity contribution >= 4 is 18.2 Å². The topological polar surface area (TPSA) is 44.1 Å². The van der Waals surface area contributed by atoms with Crippen LogP contribution in [0.5, 0.6) is 0 Å². The molecule has 0 unspecified atom stereocenters. The molecule has 4 nitrogen and oxygen atoms in total. The maximum Gasteiger partial charge on any atom is 0.338 e. The highest BCUT2D eigenvalue weighted by molar-refractivity contribution is 7.71. The number of hydrogen-bond donors (Lipinski definition) is 0. The number of benzene rings is 1. The van der Waals surface area contributed by atoms with E-state index in [2.05, 4.69) is 4.98 Å². The fourth-order valence-corrected chi connectivity index (χ4v) is 2.44. The zero-order chi connectivity index (χ0) is 14.7. The molecule has 0 amide bonds. The Hall–Kier alpha value is -2.01. The van der Waals surface area contributed by atoms with Crippen LogP contribution in [-0.4, -0.2) is 22.1 Å². The van der Waals surface area contributed by atoms with E-state index in [1.165, 1.54) is 0 Å². The number of aromatic nitrogens is 2. The molecule has 0 bridgehead atoms. The van der Waals surface area contributed by atoms with Gasteiger partial charge in [-0.25, -0.2) is 9.78 Å². The van der Waals surface area contributed by atoms with Crippen molar-refractivity contribution in [3.05, 3.63) is 52.1 Å². The Morgan fingerprint density at radius 3 is 2.75 bits per heavy atom. The van der Waals surface area contributed by atoms with E-state index in [-0.39, 0.29) is 5.97 Å². The van der Waals surface area contributed by atoms with E-state index >= 15 is 0 Å². The molecule has 2 aromatic rings. The number of aryl methyl sites for hydroxylation is 2. The number of esters is 1. The van der Waals surface area contributed by atoms with Crippen LogP contribution in [0, 0.1) is 18.6 Å². The summed E-state index contributed by atoms with van der Waals surface area (Å²) in [5, 5.41) is 0. The first-order chi connectivity index (χ1) is 9.52. The molecule has 0 saturated heterocycles. The molecule has 20 heavy (non-hydrogen) atoms. The molecule has 5 heteroatoms. The summed E-state index contributed by atoms with van der Waals surface area (Å²) in [6.45, 7) is 6.00. The largest absolute Gasteiger partial charge is 0.462 e. The Labute approximate surface area is 123 Å². The molecule has 0 radical (unpaired) electrons. The second kappa shape index (κ2) is 5.96. The number of carbonyl (C=O) groups excluding carboxylic acids is 1. The number of rotatable bonds is 3. The van der Waals surface area contributed by atoms with Gasteiger partial charge >= 0.3 is 5.97 Å². The van der Waals surface area contributed by atoms with E-state index < -0.39 is 0 Å². The lowest BCUT2D eigenvalue weighted by Gasteiger charge is -2.12. The van der Waals surface area contributed by atoms with Crippen LogP contribution in [0.1, 0.15) is 28.7 Å². The predicted octanol–water partition coefficient (Wildman–Crippen LogP) is 3.40. The summed E-state index contributed by atoms with van der Waals surface area (Å²) in [6.07, 6.45) is 0. The molecule has 0 aliphatic carbocycles. The fourth-order valence-electron chi connectivity index (χ4n) is 2.05. The summed E-state index contributed by atoms with van der Waals surface area (Å²) < 4.78 is 7.32. The molecule has 0 N–H and O–H groups in total. The minimum absolute atomic E-state index is 0.335. The summed E-state index contributed by atoms with van der Waals surface area (Å²) in [5.41, 5.74) is 3.17. The van der Waals surface area contributed by atoms with Gasteiger partial charge in [-0.05, 0) is 57.3 Å². The Morgan fingerprint density at radius 1 is 1.35 bits per heavy atom. The molecule has 104 valence electrons. The minimum atomic E-state index is -0.335. The molecule has 1 aromatic heterocycles. The molecular weight excluding hydrogens is 272 g/mol. The summed E-state index contributed by atoms with van der Waals surface area (Å²) in [6, 6.07) is 9.14. The van der Waals surface area contributed by atoms with E-state index in [0.717, 1.165) is 17.1 Å². The fraction of sp³-hybridized carbons (Fsp3) is 0.267. The second-order valence-electron chi connectivity index (χ2n) is 4.43. The Balaban J connectivity index is 2.52. The van der Waals surface area contributed by atoms with Crippen LogP contribution < -0.4 is 0 Å². The van der Waals surface area contributed by atoms with Crippen molar-refractivity contribution in [3.8, 4) is 5.69 Å². The summed E-state index contributed by atoms with van der Waals surface area (Å²) in [5.74, 6) is -0.335. The molecule has 1 heterocycles. The standard InChI is InChI=1S/C15H16N2O2S/c1-4-19-14(18)12-6-5-7-13(9-12)17-11(3)8-10(2)16-15(17)20/h5-9H,4H2,1-3H3. The van der Waals surface area contributed by atoms with Crippen LogP contribution >= 0.6 is 12.2 Å². The molecule has 0 spiro atoms. The van der Waals surface area contributed by atoms with Crippen molar-refractivity contribution in [2.24, 2.45) is 0 Å². The second-order valence-corrected chi connectivity index (χ2v) is 4.79. The molecule has 0 aliphatic rings. The third kappa shape index (κ3) is 2.93. The minimum Gasteiger partial charge on any atom is -0.462 e. The van der Waals surface area contributed by atoms with Gasteiger partial charge in [-0.3, -0.25) is 4.57 Å². The van der Waals surface area contributed by atoms with Gasteiger partial charge in [0.1, 0.15) is 0 Å². The Bertz CT molecular complexity index is 707. The molecule has 0 fully saturated rings. The van der Waals surface area contributed by atoms with Gasteiger partial charge in [-0.15, -0.1) is 0 Å². The van der Waals surface area contributed by atoms with Crippen molar-refractivity contribution in [1.82, 2.24) is 9.55 Å². The quantitative estimate of drug-likeness (QED) is 0.641. The molecule has 0 saturated carbocycles. The molecule has 0 atom stereocenters. The molecular formula is C15H16N2O2S. The lowest BCUT2D eigenvalue weighted by atomic mass is 10.2. The highest BCUT2D eigenvalue weighted by atomic mass is 32.1. The van der Waals surface area contributed by atoms with Gasteiger partial charge < -0.3 is 4.74 Å². The van der Waals surface area contributed by atoms with Gasteiger partial charge in [0.05, 0.1) is 12.2 Å². The number of carbonyl (C=O) groups is 1. The number of nitrogens with zero attached hydrogens (tertiary/aromatic N) is 2. The predicted molar refractivity (Wildman–Crippen MR) is 79.8 cm³/mol. The maximum absolute atomic E-state index is 11.8. The summed E-state index contributed by atoms with van der Waals surface area (Å²) >= 11 is 5.30.